The molecule has 1 atom stereocenters. The van der Waals surface area contributed by atoms with Crippen molar-refractivity contribution < 1.29 is 0 Å². The van der Waals surface area contributed by atoms with Gasteiger partial charge in [0, 0.05) is 4.88 Å². The summed E-state index contributed by atoms with van der Waals surface area (Å²) in [6.45, 7) is 6.34. The van der Waals surface area contributed by atoms with Crippen LogP contribution >= 0.6 is 11.3 Å². The Morgan fingerprint density at radius 2 is 1.88 bits per heavy atom. The maximum atomic E-state index is 4.65. The summed E-state index contributed by atoms with van der Waals surface area (Å²) in [5.74, 6) is 0. The Balaban J connectivity index is 2.44. The van der Waals surface area contributed by atoms with Crippen molar-refractivity contribution in [2.75, 3.05) is 7.05 Å². The Morgan fingerprint density at radius 1 is 1.18 bits per heavy atom. The van der Waals surface area contributed by atoms with Crippen LogP contribution in [0.25, 0.3) is 0 Å². The van der Waals surface area contributed by atoms with E-state index in [4.69, 9.17) is 0 Å². The first-order valence-corrected chi connectivity index (χ1v) is 6.62. The van der Waals surface area contributed by atoms with Crippen LogP contribution in [0.3, 0.4) is 0 Å². The summed E-state index contributed by atoms with van der Waals surface area (Å²) in [4.78, 5) is 5.95. The summed E-state index contributed by atoms with van der Waals surface area (Å²) < 4.78 is 0. The molecule has 1 heterocycles. The maximum Gasteiger partial charge on any atom is 0.115 e. The molecule has 0 saturated carbocycles. The minimum absolute atomic E-state index is 0.202. The topological polar surface area (TPSA) is 24.9 Å². The van der Waals surface area contributed by atoms with E-state index in [2.05, 4.69) is 55.3 Å². The number of nitrogens with zero attached hydrogens (tertiary/aromatic N) is 1. The van der Waals surface area contributed by atoms with Gasteiger partial charge in [-0.25, -0.2) is 4.98 Å². The van der Waals surface area contributed by atoms with Crippen LogP contribution in [0.5, 0.6) is 0 Å². The van der Waals surface area contributed by atoms with E-state index in [1.807, 2.05) is 7.05 Å². The summed E-state index contributed by atoms with van der Waals surface area (Å²) in [7, 11) is 1.99. The van der Waals surface area contributed by atoms with Gasteiger partial charge in [0.25, 0.3) is 0 Å². The second kappa shape index (κ2) is 4.98. The van der Waals surface area contributed by atoms with Crippen LogP contribution < -0.4 is 5.32 Å². The highest BCUT2D eigenvalue weighted by atomic mass is 32.1. The molecule has 2 aromatic rings. The van der Waals surface area contributed by atoms with Gasteiger partial charge in [0.15, 0.2) is 0 Å². The Morgan fingerprint density at radius 3 is 2.41 bits per heavy atom. The minimum atomic E-state index is 0.202. The number of aryl methyl sites for hydroxylation is 3. The Bertz CT molecular complexity index is 497. The van der Waals surface area contributed by atoms with Crippen LogP contribution in [0, 0.1) is 20.8 Å². The molecular formula is C14H18N2S. The van der Waals surface area contributed by atoms with Crippen molar-refractivity contribution in [3.8, 4) is 0 Å². The number of thiazole rings is 1. The third-order valence-electron chi connectivity index (χ3n) is 3.08. The van der Waals surface area contributed by atoms with E-state index in [9.17, 15) is 0 Å². The molecule has 0 bridgehead atoms. The highest BCUT2D eigenvalue weighted by Gasteiger charge is 2.18. The van der Waals surface area contributed by atoms with Crippen LogP contribution in [-0.4, -0.2) is 12.0 Å². The maximum absolute atomic E-state index is 4.65. The number of hydrogen-bond acceptors (Lipinski definition) is 3. The second-order valence-corrected chi connectivity index (χ2v) is 5.51. The first-order valence-electron chi connectivity index (χ1n) is 5.80. The molecule has 3 heteroatoms. The first kappa shape index (κ1) is 12.3. The normalized spacial score (nSPS) is 12.7. The fourth-order valence-corrected chi connectivity index (χ4v) is 3.00. The third-order valence-corrected chi connectivity index (χ3v) is 4.22. The van der Waals surface area contributed by atoms with Gasteiger partial charge in [-0.3, -0.25) is 0 Å². The zero-order valence-electron chi connectivity index (χ0n) is 10.7. The molecule has 2 rings (SSSR count). The van der Waals surface area contributed by atoms with Gasteiger partial charge in [-0.2, -0.15) is 0 Å². The van der Waals surface area contributed by atoms with Gasteiger partial charge in [0.05, 0.1) is 11.7 Å². The summed E-state index contributed by atoms with van der Waals surface area (Å²) in [6, 6.07) is 8.67. The summed E-state index contributed by atoms with van der Waals surface area (Å²) in [6.07, 6.45) is 0. The van der Waals surface area contributed by atoms with Crippen molar-refractivity contribution in [3.63, 3.8) is 0 Å². The molecule has 0 amide bonds. The zero-order valence-corrected chi connectivity index (χ0v) is 11.6. The molecule has 1 N–H and O–H groups in total. The molecule has 0 fully saturated rings. The lowest BCUT2D eigenvalue weighted by Crippen LogP contribution is -2.18. The molecule has 0 saturated heterocycles. The monoisotopic (exact) mass is 246 g/mol. The first-order chi connectivity index (χ1) is 8.13. The van der Waals surface area contributed by atoms with E-state index in [0.717, 1.165) is 10.7 Å². The van der Waals surface area contributed by atoms with Gasteiger partial charge in [-0.15, -0.1) is 11.3 Å². The average Bonchev–Trinajstić information content (AvgIpc) is 2.63. The van der Waals surface area contributed by atoms with E-state index in [1.165, 1.54) is 16.0 Å². The number of benzene rings is 1. The van der Waals surface area contributed by atoms with E-state index in [1.54, 1.807) is 11.3 Å². The van der Waals surface area contributed by atoms with Crippen LogP contribution in [0.2, 0.25) is 0 Å². The average molecular weight is 246 g/mol. The largest absolute Gasteiger partial charge is 0.307 e. The van der Waals surface area contributed by atoms with E-state index >= 15 is 0 Å². The van der Waals surface area contributed by atoms with Gasteiger partial charge >= 0.3 is 0 Å². The van der Waals surface area contributed by atoms with E-state index < -0.39 is 0 Å². The van der Waals surface area contributed by atoms with Gasteiger partial charge in [0.1, 0.15) is 5.01 Å². The Hall–Kier alpha value is -1.19. The lowest BCUT2D eigenvalue weighted by molar-refractivity contribution is 0.681. The van der Waals surface area contributed by atoms with Crippen LogP contribution in [0.4, 0.5) is 0 Å². The standard InChI is InChI=1S/C14H18N2S/c1-9-7-5-6-8-12(9)13(15-4)14-16-10(2)11(3)17-14/h5-8,13,15H,1-4H3. The molecule has 1 aromatic carbocycles. The number of rotatable bonds is 3. The van der Waals surface area contributed by atoms with Crippen LogP contribution in [0.15, 0.2) is 24.3 Å². The molecule has 90 valence electrons. The summed E-state index contributed by atoms with van der Waals surface area (Å²) >= 11 is 1.78. The Kier molecular flexibility index (Phi) is 3.60. The molecule has 0 aliphatic rings. The molecule has 0 aliphatic carbocycles. The lowest BCUT2D eigenvalue weighted by Gasteiger charge is -2.16. The number of hydrogen-bond donors (Lipinski definition) is 1. The van der Waals surface area contributed by atoms with Crippen molar-refractivity contribution in [1.29, 1.82) is 0 Å². The quantitative estimate of drug-likeness (QED) is 0.898. The van der Waals surface area contributed by atoms with Crippen LogP contribution in [0.1, 0.15) is 32.7 Å². The number of nitrogens with one attached hydrogen (secondary N) is 1. The lowest BCUT2D eigenvalue weighted by atomic mass is 10.0. The second-order valence-electron chi connectivity index (χ2n) is 4.27. The highest BCUT2D eigenvalue weighted by molar-refractivity contribution is 7.11. The smallest absolute Gasteiger partial charge is 0.115 e. The van der Waals surface area contributed by atoms with Crippen molar-refractivity contribution in [1.82, 2.24) is 10.3 Å². The molecule has 0 aliphatic heterocycles. The predicted octanol–water partition coefficient (Wildman–Crippen LogP) is 3.38. The van der Waals surface area contributed by atoms with Crippen molar-refractivity contribution >= 4 is 11.3 Å². The highest BCUT2D eigenvalue weighted by Crippen LogP contribution is 2.29. The Labute approximate surface area is 107 Å². The molecule has 17 heavy (non-hydrogen) atoms. The molecule has 0 spiro atoms. The van der Waals surface area contributed by atoms with Crippen LogP contribution in [-0.2, 0) is 0 Å². The van der Waals surface area contributed by atoms with Gasteiger partial charge in [-0.05, 0) is 38.9 Å². The van der Waals surface area contributed by atoms with E-state index in [-0.39, 0.29) is 6.04 Å². The minimum Gasteiger partial charge on any atom is -0.307 e. The predicted molar refractivity (Wildman–Crippen MR) is 73.7 cm³/mol. The van der Waals surface area contributed by atoms with Crippen molar-refractivity contribution in [3.05, 3.63) is 51.0 Å². The molecule has 2 nitrogen and oxygen atoms in total. The fourth-order valence-electron chi connectivity index (χ4n) is 1.94. The fraction of sp³-hybridized carbons (Fsp3) is 0.357. The third kappa shape index (κ3) is 2.40. The molecule has 1 aromatic heterocycles. The molecule has 0 radical (unpaired) electrons. The van der Waals surface area contributed by atoms with E-state index in [0.29, 0.717) is 0 Å². The summed E-state index contributed by atoms with van der Waals surface area (Å²) in [5, 5.41) is 4.51. The molecule has 1 unspecified atom stereocenters. The summed E-state index contributed by atoms with van der Waals surface area (Å²) in [5.41, 5.74) is 3.75. The number of aromatic nitrogens is 1. The SMILES string of the molecule is CNC(c1nc(C)c(C)s1)c1ccccc1C. The van der Waals surface area contributed by atoms with Crippen molar-refractivity contribution in [2.45, 2.75) is 26.8 Å². The van der Waals surface area contributed by atoms with Crippen molar-refractivity contribution in [2.24, 2.45) is 0 Å². The van der Waals surface area contributed by atoms with Gasteiger partial charge < -0.3 is 5.32 Å². The zero-order chi connectivity index (χ0) is 12.4. The molecular weight excluding hydrogens is 228 g/mol. The van der Waals surface area contributed by atoms with Gasteiger partial charge in [-0.1, -0.05) is 24.3 Å². The van der Waals surface area contributed by atoms with Gasteiger partial charge in [0.2, 0.25) is 0 Å².